The number of hydrogen-bond acceptors (Lipinski definition) is 4. The second kappa shape index (κ2) is 5.21. The summed E-state index contributed by atoms with van der Waals surface area (Å²) >= 11 is 5.87. The molecule has 0 aliphatic rings. The van der Waals surface area contributed by atoms with E-state index in [4.69, 9.17) is 21.8 Å². The molecule has 1 rings (SSSR count). The van der Waals surface area contributed by atoms with Crippen LogP contribution in [0, 0.1) is 6.92 Å². The summed E-state index contributed by atoms with van der Waals surface area (Å²) in [5.41, 5.74) is 1.22. The van der Waals surface area contributed by atoms with E-state index in [1.165, 1.54) is 6.07 Å². The summed E-state index contributed by atoms with van der Waals surface area (Å²) in [7, 11) is 0. The first-order valence-electron chi connectivity index (χ1n) is 4.56. The highest BCUT2D eigenvalue weighted by Crippen LogP contribution is 2.29. The van der Waals surface area contributed by atoms with Gasteiger partial charge in [-0.3, -0.25) is 0 Å². The topological polar surface area (TPSA) is 72.7 Å². The van der Waals surface area contributed by atoms with Crippen molar-refractivity contribution in [2.24, 2.45) is 0 Å². The minimum atomic E-state index is -0.857. The Kier molecular flexibility index (Phi) is 4.20. The number of hydrogen-bond donors (Lipinski definition) is 4. The number of aryl methyl sites for hydroxylation is 1. The number of nitrogens with one attached hydrogen (secondary N) is 1. The zero-order chi connectivity index (χ0) is 11.4. The summed E-state index contributed by atoms with van der Waals surface area (Å²) in [6.07, 6.45) is -0.857. The van der Waals surface area contributed by atoms with Crippen LogP contribution < -0.4 is 5.32 Å². The maximum atomic E-state index is 9.54. The Balaban J connectivity index is 2.73. The predicted molar refractivity (Wildman–Crippen MR) is 59.4 cm³/mol. The maximum Gasteiger partial charge on any atom is 0.139 e. The molecule has 0 saturated carbocycles. The van der Waals surface area contributed by atoms with E-state index in [1.807, 2.05) is 0 Å². The van der Waals surface area contributed by atoms with Crippen LogP contribution in [0.5, 0.6) is 5.75 Å². The lowest BCUT2D eigenvalue weighted by Gasteiger charge is -2.12. The van der Waals surface area contributed by atoms with Gasteiger partial charge in [-0.15, -0.1) is 0 Å². The largest absolute Gasteiger partial charge is 0.506 e. The molecule has 0 aliphatic heterocycles. The number of anilines is 1. The fourth-order valence-electron chi connectivity index (χ4n) is 1.10. The minimum Gasteiger partial charge on any atom is -0.506 e. The third-order valence-electron chi connectivity index (χ3n) is 2.02. The standard InChI is InChI=1S/C10H14ClNO3/c1-6-2-10(15)9(3-8(6)11)12-4-7(14)5-13/h2-3,7,12-15H,4-5H2,1H3. The van der Waals surface area contributed by atoms with Gasteiger partial charge in [0, 0.05) is 11.6 Å². The quantitative estimate of drug-likeness (QED) is 0.586. The van der Waals surface area contributed by atoms with Gasteiger partial charge in [0.05, 0.1) is 18.4 Å². The molecule has 4 N–H and O–H groups in total. The van der Waals surface area contributed by atoms with Crippen LogP contribution in [0.2, 0.25) is 5.02 Å². The molecule has 0 heterocycles. The highest BCUT2D eigenvalue weighted by Gasteiger charge is 2.07. The molecule has 0 fully saturated rings. The lowest BCUT2D eigenvalue weighted by Crippen LogP contribution is -2.22. The Labute approximate surface area is 93.1 Å². The van der Waals surface area contributed by atoms with Crippen LogP contribution in [0.15, 0.2) is 12.1 Å². The van der Waals surface area contributed by atoms with Crippen molar-refractivity contribution in [3.8, 4) is 5.75 Å². The molecule has 0 aromatic heterocycles. The molecule has 0 aliphatic carbocycles. The van der Waals surface area contributed by atoms with Gasteiger partial charge in [0.2, 0.25) is 0 Å². The molecule has 5 heteroatoms. The van der Waals surface area contributed by atoms with E-state index in [2.05, 4.69) is 5.32 Å². The van der Waals surface area contributed by atoms with Gasteiger partial charge in [-0.25, -0.2) is 0 Å². The first kappa shape index (κ1) is 12.1. The molecule has 4 nitrogen and oxygen atoms in total. The molecule has 0 radical (unpaired) electrons. The summed E-state index contributed by atoms with van der Waals surface area (Å²) in [6.45, 7) is 1.62. The monoisotopic (exact) mass is 231 g/mol. The second-order valence-electron chi connectivity index (χ2n) is 3.34. The summed E-state index contributed by atoms with van der Waals surface area (Å²) in [4.78, 5) is 0. The Hall–Kier alpha value is -0.970. The summed E-state index contributed by atoms with van der Waals surface area (Å²) in [5.74, 6) is 0.0713. The average Bonchev–Trinajstić information content (AvgIpc) is 2.21. The lowest BCUT2D eigenvalue weighted by molar-refractivity contribution is 0.105. The SMILES string of the molecule is Cc1cc(O)c(NCC(O)CO)cc1Cl. The van der Waals surface area contributed by atoms with Crippen LogP contribution in [0.3, 0.4) is 0 Å². The van der Waals surface area contributed by atoms with Crippen molar-refractivity contribution in [1.29, 1.82) is 0 Å². The van der Waals surface area contributed by atoms with E-state index in [1.54, 1.807) is 13.0 Å². The first-order chi connectivity index (χ1) is 7.04. The predicted octanol–water partition coefficient (Wildman–Crippen LogP) is 1.12. The van der Waals surface area contributed by atoms with Crippen LogP contribution in [0.25, 0.3) is 0 Å². The van der Waals surface area contributed by atoms with Gasteiger partial charge in [0.1, 0.15) is 5.75 Å². The Morgan fingerprint density at radius 2 is 2.13 bits per heavy atom. The van der Waals surface area contributed by atoms with Crippen LogP contribution >= 0.6 is 11.6 Å². The van der Waals surface area contributed by atoms with E-state index in [-0.39, 0.29) is 18.9 Å². The molecule has 0 saturated heterocycles. The number of aromatic hydroxyl groups is 1. The van der Waals surface area contributed by atoms with Gasteiger partial charge in [0.25, 0.3) is 0 Å². The molecule has 1 atom stereocenters. The summed E-state index contributed by atoms with van der Waals surface area (Å²) in [6, 6.07) is 3.12. The van der Waals surface area contributed by atoms with E-state index in [0.29, 0.717) is 10.7 Å². The second-order valence-corrected chi connectivity index (χ2v) is 3.74. The van der Waals surface area contributed by atoms with Crippen LogP contribution in [-0.2, 0) is 0 Å². The highest BCUT2D eigenvalue weighted by atomic mass is 35.5. The van der Waals surface area contributed by atoms with Crippen LogP contribution in [-0.4, -0.2) is 34.6 Å². The number of benzene rings is 1. The number of phenolic OH excluding ortho intramolecular Hbond substituents is 1. The smallest absolute Gasteiger partial charge is 0.139 e. The van der Waals surface area contributed by atoms with E-state index < -0.39 is 6.10 Å². The number of halogens is 1. The molecule has 1 aromatic carbocycles. The number of rotatable bonds is 4. The zero-order valence-electron chi connectivity index (χ0n) is 8.37. The molecular weight excluding hydrogens is 218 g/mol. The Morgan fingerprint density at radius 1 is 1.47 bits per heavy atom. The average molecular weight is 232 g/mol. The summed E-state index contributed by atoms with van der Waals surface area (Å²) in [5, 5.41) is 30.6. The number of aliphatic hydroxyl groups excluding tert-OH is 2. The van der Waals surface area contributed by atoms with Crippen LogP contribution in [0.4, 0.5) is 5.69 Å². The van der Waals surface area contributed by atoms with Crippen LogP contribution in [0.1, 0.15) is 5.56 Å². The van der Waals surface area contributed by atoms with E-state index in [0.717, 1.165) is 5.56 Å². The molecule has 0 spiro atoms. The molecule has 84 valence electrons. The molecule has 15 heavy (non-hydrogen) atoms. The highest BCUT2D eigenvalue weighted by molar-refractivity contribution is 6.31. The molecule has 0 amide bonds. The van der Waals surface area contributed by atoms with Crippen molar-refractivity contribution >= 4 is 17.3 Å². The Bertz CT molecular complexity index is 344. The van der Waals surface area contributed by atoms with E-state index in [9.17, 15) is 5.11 Å². The summed E-state index contributed by atoms with van der Waals surface area (Å²) < 4.78 is 0. The van der Waals surface area contributed by atoms with Gasteiger partial charge in [-0.1, -0.05) is 11.6 Å². The number of aliphatic hydroxyl groups is 2. The number of phenols is 1. The normalized spacial score (nSPS) is 12.5. The van der Waals surface area contributed by atoms with Gasteiger partial charge < -0.3 is 20.6 Å². The van der Waals surface area contributed by atoms with Crippen molar-refractivity contribution in [2.75, 3.05) is 18.5 Å². The van der Waals surface area contributed by atoms with Crippen molar-refractivity contribution < 1.29 is 15.3 Å². The third kappa shape index (κ3) is 3.27. The maximum absolute atomic E-state index is 9.54. The van der Waals surface area contributed by atoms with Crippen molar-refractivity contribution in [3.63, 3.8) is 0 Å². The molecule has 1 aromatic rings. The molecule has 1 unspecified atom stereocenters. The van der Waals surface area contributed by atoms with E-state index >= 15 is 0 Å². The Morgan fingerprint density at radius 3 is 2.73 bits per heavy atom. The van der Waals surface area contributed by atoms with Gasteiger partial charge >= 0.3 is 0 Å². The van der Waals surface area contributed by atoms with Gasteiger partial charge in [-0.05, 0) is 24.6 Å². The fraction of sp³-hybridized carbons (Fsp3) is 0.400. The van der Waals surface area contributed by atoms with Gasteiger partial charge in [-0.2, -0.15) is 0 Å². The first-order valence-corrected chi connectivity index (χ1v) is 4.94. The fourth-order valence-corrected chi connectivity index (χ4v) is 1.26. The molecule has 0 bridgehead atoms. The van der Waals surface area contributed by atoms with Crippen molar-refractivity contribution in [1.82, 2.24) is 0 Å². The van der Waals surface area contributed by atoms with Crippen molar-refractivity contribution in [3.05, 3.63) is 22.7 Å². The lowest BCUT2D eigenvalue weighted by atomic mass is 10.2. The van der Waals surface area contributed by atoms with Crippen molar-refractivity contribution in [2.45, 2.75) is 13.0 Å². The molecular formula is C10H14ClNO3. The minimum absolute atomic E-state index is 0.0713. The third-order valence-corrected chi connectivity index (χ3v) is 2.42. The van der Waals surface area contributed by atoms with Gasteiger partial charge in [0.15, 0.2) is 0 Å². The zero-order valence-corrected chi connectivity index (χ0v) is 9.12.